The van der Waals surface area contributed by atoms with E-state index >= 15 is 0 Å². The van der Waals surface area contributed by atoms with Gasteiger partial charge in [-0.05, 0) is 51.0 Å². The van der Waals surface area contributed by atoms with E-state index in [4.69, 9.17) is 9.47 Å². The first-order valence-corrected chi connectivity index (χ1v) is 10.2. The van der Waals surface area contributed by atoms with Crippen molar-refractivity contribution in [3.05, 3.63) is 57.2 Å². The van der Waals surface area contributed by atoms with Gasteiger partial charge in [0.2, 0.25) is 0 Å². The fraction of sp³-hybridized carbons (Fsp3) is 0.429. The Bertz CT molecular complexity index is 1220. The number of esters is 1. The van der Waals surface area contributed by atoms with Crippen molar-refractivity contribution in [2.24, 2.45) is 0 Å². The lowest BCUT2D eigenvalue weighted by molar-refractivity contribution is -0.146. The van der Waals surface area contributed by atoms with Crippen LogP contribution in [0.2, 0.25) is 0 Å². The van der Waals surface area contributed by atoms with Crippen LogP contribution >= 0.6 is 0 Å². The molecular weight excluding hydrogens is 407 g/mol. The number of imidazole rings is 1. The Morgan fingerprint density at radius 3 is 2.71 bits per heavy atom. The van der Waals surface area contributed by atoms with Crippen molar-refractivity contribution < 1.29 is 18.7 Å². The summed E-state index contributed by atoms with van der Waals surface area (Å²) in [7, 11) is 0. The molecule has 0 aliphatic carbocycles. The lowest BCUT2D eigenvalue weighted by Crippen LogP contribution is -2.42. The zero-order chi connectivity index (χ0) is 22.1. The molecule has 3 heterocycles. The molecule has 9 nitrogen and oxygen atoms in total. The van der Waals surface area contributed by atoms with Crippen LogP contribution in [-0.2, 0) is 20.8 Å². The average Bonchev–Trinajstić information content (AvgIpc) is 3.42. The molecule has 4 rings (SSSR count). The molecule has 0 spiro atoms. The van der Waals surface area contributed by atoms with Crippen LogP contribution in [0, 0.1) is 5.82 Å². The fourth-order valence-corrected chi connectivity index (χ4v) is 3.79. The van der Waals surface area contributed by atoms with Crippen molar-refractivity contribution in [1.29, 1.82) is 0 Å². The average molecular weight is 430 g/mol. The second-order valence-corrected chi connectivity index (χ2v) is 7.40. The molecule has 0 N–H and O–H groups in total. The summed E-state index contributed by atoms with van der Waals surface area (Å²) in [6, 6.07) is 4.49. The van der Waals surface area contributed by atoms with E-state index in [1.807, 2.05) is 0 Å². The normalized spacial score (nSPS) is 17.2. The summed E-state index contributed by atoms with van der Waals surface area (Å²) in [5.41, 5.74) is -0.647. The topological polar surface area (TPSA) is 97.4 Å². The molecule has 1 aromatic carbocycles. The monoisotopic (exact) mass is 430 g/mol. The zero-order valence-electron chi connectivity index (χ0n) is 17.3. The first-order valence-electron chi connectivity index (χ1n) is 10.2. The first kappa shape index (κ1) is 21.0. The van der Waals surface area contributed by atoms with Crippen molar-refractivity contribution in [1.82, 2.24) is 18.7 Å². The van der Waals surface area contributed by atoms with Gasteiger partial charge < -0.3 is 14.0 Å². The van der Waals surface area contributed by atoms with Gasteiger partial charge in [-0.15, -0.1) is 0 Å². The number of carbonyl (C=O) groups is 1. The van der Waals surface area contributed by atoms with Gasteiger partial charge in [-0.1, -0.05) is 0 Å². The van der Waals surface area contributed by atoms with Crippen LogP contribution in [0.25, 0.3) is 16.9 Å². The largest absolute Gasteiger partial charge is 0.464 e. The number of aromatic nitrogens is 4. The molecule has 0 amide bonds. The predicted molar refractivity (Wildman–Crippen MR) is 110 cm³/mol. The standard InChI is InChI=1S/C21H23FN4O5/c1-3-30-20(28)13(2)25-12-23-18-17(25)19(27)24(11-16-5-4-10-31-16)21(29)26(18)15-8-6-14(22)7-9-15/h6-9,12-13,16H,3-5,10-11H2,1-2H3/t13-,16-/m1/s1. The number of benzene rings is 1. The zero-order valence-corrected chi connectivity index (χ0v) is 17.3. The Balaban J connectivity index is 1.96. The van der Waals surface area contributed by atoms with E-state index < -0.39 is 29.1 Å². The van der Waals surface area contributed by atoms with Crippen LogP contribution in [0.5, 0.6) is 0 Å². The molecule has 1 saturated heterocycles. The Kier molecular flexibility index (Phi) is 5.73. The number of hydrogen-bond acceptors (Lipinski definition) is 6. The van der Waals surface area contributed by atoms with Crippen molar-refractivity contribution in [3.63, 3.8) is 0 Å². The highest BCUT2D eigenvalue weighted by Gasteiger charge is 2.26. The molecule has 1 fully saturated rings. The van der Waals surface area contributed by atoms with Crippen molar-refractivity contribution in [2.45, 2.75) is 45.4 Å². The van der Waals surface area contributed by atoms with Gasteiger partial charge in [-0.25, -0.2) is 23.5 Å². The highest BCUT2D eigenvalue weighted by atomic mass is 19.1. The maximum absolute atomic E-state index is 13.5. The highest BCUT2D eigenvalue weighted by molar-refractivity contribution is 5.79. The van der Waals surface area contributed by atoms with Crippen molar-refractivity contribution >= 4 is 17.1 Å². The van der Waals surface area contributed by atoms with Crippen molar-refractivity contribution in [3.8, 4) is 5.69 Å². The second kappa shape index (κ2) is 8.46. The number of fused-ring (bicyclic) bond motifs is 1. The predicted octanol–water partition coefficient (Wildman–Crippen LogP) is 1.79. The van der Waals surface area contributed by atoms with E-state index in [1.165, 1.54) is 39.7 Å². The molecule has 0 unspecified atom stereocenters. The molecule has 1 aliphatic rings. The number of nitrogens with zero attached hydrogens (tertiary/aromatic N) is 4. The minimum absolute atomic E-state index is 0.0772. The molecule has 164 valence electrons. The lowest BCUT2D eigenvalue weighted by Gasteiger charge is -2.17. The van der Waals surface area contributed by atoms with E-state index in [9.17, 15) is 18.8 Å². The summed E-state index contributed by atoms with van der Waals surface area (Å²) in [5, 5.41) is 0. The van der Waals surface area contributed by atoms with Crippen LogP contribution in [0.1, 0.15) is 32.7 Å². The molecule has 0 radical (unpaired) electrons. The molecule has 1 aliphatic heterocycles. The second-order valence-electron chi connectivity index (χ2n) is 7.40. The lowest BCUT2D eigenvalue weighted by atomic mass is 10.2. The Hall–Kier alpha value is -3.27. The Labute approximate surface area is 176 Å². The summed E-state index contributed by atoms with van der Waals surface area (Å²) in [5.74, 6) is -0.978. The van der Waals surface area contributed by atoms with Crippen molar-refractivity contribution in [2.75, 3.05) is 13.2 Å². The summed E-state index contributed by atoms with van der Waals surface area (Å²) < 4.78 is 27.9. The third-order valence-corrected chi connectivity index (χ3v) is 5.40. The molecule has 0 saturated carbocycles. The van der Waals surface area contributed by atoms with Gasteiger partial charge in [-0.2, -0.15) is 0 Å². The summed E-state index contributed by atoms with van der Waals surface area (Å²) in [6.45, 7) is 4.13. The van der Waals surface area contributed by atoms with Crippen LogP contribution in [0.4, 0.5) is 4.39 Å². The van der Waals surface area contributed by atoms with Gasteiger partial charge in [0.25, 0.3) is 5.56 Å². The van der Waals surface area contributed by atoms with E-state index in [2.05, 4.69) is 4.98 Å². The van der Waals surface area contributed by atoms with Gasteiger partial charge in [0, 0.05) is 6.61 Å². The van der Waals surface area contributed by atoms with E-state index in [0.29, 0.717) is 12.3 Å². The molecule has 0 bridgehead atoms. The molecule has 3 aromatic rings. The number of hydrogen-bond donors (Lipinski definition) is 0. The van der Waals surface area contributed by atoms with Crippen LogP contribution < -0.4 is 11.2 Å². The molecule has 31 heavy (non-hydrogen) atoms. The SMILES string of the molecule is CCOC(=O)[C@@H](C)n1cnc2c1c(=O)n(C[C@H]1CCCO1)c(=O)n2-c1ccc(F)cc1. The van der Waals surface area contributed by atoms with E-state index in [-0.39, 0.29) is 30.4 Å². The van der Waals surface area contributed by atoms with Gasteiger partial charge in [0.05, 0.1) is 31.3 Å². The molecule has 2 aromatic heterocycles. The molecule has 2 atom stereocenters. The van der Waals surface area contributed by atoms with Crippen LogP contribution in [-0.4, -0.2) is 44.0 Å². The third kappa shape index (κ3) is 3.78. The smallest absolute Gasteiger partial charge is 0.337 e. The Morgan fingerprint density at radius 2 is 2.06 bits per heavy atom. The quantitative estimate of drug-likeness (QED) is 0.553. The van der Waals surface area contributed by atoms with Crippen LogP contribution in [0.3, 0.4) is 0 Å². The Morgan fingerprint density at radius 1 is 1.32 bits per heavy atom. The summed E-state index contributed by atoms with van der Waals surface area (Å²) >= 11 is 0. The minimum atomic E-state index is -0.826. The van der Waals surface area contributed by atoms with Gasteiger partial charge in [-0.3, -0.25) is 9.36 Å². The van der Waals surface area contributed by atoms with E-state index in [1.54, 1.807) is 13.8 Å². The number of rotatable bonds is 6. The third-order valence-electron chi connectivity index (χ3n) is 5.40. The maximum Gasteiger partial charge on any atom is 0.337 e. The number of ether oxygens (including phenoxy) is 2. The highest BCUT2D eigenvalue weighted by Crippen LogP contribution is 2.19. The maximum atomic E-state index is 13.5. The van der Waals surface area contributed by atoms with E-state index in [0.717, 1.165) is 17.4 Å². The van der Waals surface area contributed by atoms with Crippen LogP contribution in [0.15, 0.2) is 40.2 Å². The fourth-order valence-electron chi connectivity index (χ4n) is 3.79. The number of halogens is 1. The van der Waals surface area contributed by atoms with Gasteiger partial charge in [0.15, 0.2) is 11.2 Å². The minimum Gasteiger partial charge on any atom is -0.464 e. The first-order chi connectivity index (χ1) is 14.9. The van der Waals surface area contributed by atoms with Gasteiger partial charge in [0.1, 0.15) is 11.9 Å². The summed E-state index contributed by atoms with van der Waals surface area (Å²) in [4.78, 5) is 43.3. The van der Waals surface area contributed by atoms with Gasteiger partial charge >= 0.3 is 11.7 Å². The summed E-state index contributed by atoms with van der Waals surface area (Å²) in [6.07, 6.45) is 2.66. The number of carbonyl (C=O) groups excluding carboxylic acids is 1. The molecule has 10 heteroatoms. The molecular formula is C21H23FN4O5.